The number of nitrogens with zero attached hydrogens (tertiary/aromatic N) is 2. The molecule has 0 aliphatic heterocycles. The average Bonchev–Trinajstić information content (AvgIpc) is 2.16. The quantitative estimate of drug-likeness (QED) is 0.745. The van der Waals surface area contributed by atoms with Crippen LogP contribution in [-0.2, 0) is 0 Å². The Bertz CT molecular complexity index is 463. The maximum Gasteiger partial charge on any atom is 0.161 e. The molecule has 0 bridgehead atoms. The van der Waals surface area contributed by atoms with Gasteiger partial charge in [0.25, 0.3) is 0 Å². The van der Waals surface area contributed by atoms with E-state index in [9.17, 15) is 0 Å². The minimum atomic E-state index is 0.478. The summed E-state index contributed by atoms with van der Waals surface area (Å²) < 4.78 is 0. The number of nitrogen functional groups attached to an aromatic ring is 1. The fourth-order valence-electron chi connectivity index (χ4n) is 1.57. The van der Waals surface area contributed by atoms with Gasteiger partial charge < -0.3 is 5.73 Å². The summed E-state index contributed by atoms with van der Waals surface area (Å²) in [5.74, 6) is 0.997. The normalized spacial score (nSPS) is 11.1. The number of pyridine rings is 2. The summed E-state index contributed by atoms with van der Waals surface area (Å²) in [5, 5.41) is 1.09. The van der Waals surface area contributed by atoms with E-state index >= 15 is 0 Å². The van der Waals surface area contributed by atoms with Gasteiger partial charge in [-0.2, -0.15) is 0 Å². The first kappa shape index (κ1) is 8.94. The maximum absolute atomic E-state index is 5.60. The number of nitrogens with two attached hydrogens (primary N) is 1. The maximum atomic E-state index is 5.60. The van der Waals surface area contributed by atoms with E-state index in [0.29, 0.717) is 11.7 Å². The summed E-state index contributed by atoms with van der Waals surface area (Å²) in [7, 11) is 0. The van der Waals surface area contributed by atoms with Gasteiger partial charge in [-0.1, -0.05) is 13.8 Å². The molecule has 0 saturated carbocycles. The molecule has 3 heteroatoms. The molecule has 2 heterocycles. The van der Waals surface area contributed by atoms with Crippen LogP contribution < -0.4 is 5.73 Å². The predicted molar refractivity (Wildman–Crippen MR) is 58.0 cm³/mol. The zero-order valence-electron chi connectivity index (χ0n) is 8.36. The van der Waals surface area contributed by atoms with Crippen molar-refractivity contribution < 1.29 is 0 Å². The molecule has 0 amide bonds. The van der Waals surface area contributed by atoms with Crippen molar-refractivity contribution in [3.63, 3.8) is 0 Å². The molecule has 2 aromatic heterocycles. The predicted octanol–water partition coefficient (Wildman–Crippen LogP) is 2.34. The van der Waals surface area contributed by atoms with Crippen LogP contribution in [-0.4, -0.2) is 9.97 Å². The van der Waals surface area contributed by atoms with Crippen LogP contribution in [0.5, 0.6) is 0 Å². The van der Waals surface area contributed by atoms with Gasteiger partial charge in [-0.25, -0.2) is 9.97 Å². The summed E-state index contributed by atoms with van der Waals surface area (Å²) >= 11 is 0. The smallest absolute Gasteiger partial charge is 0.161 e. The number of fused-ring (bicyclic) bond motifs is 1. The average molecular weight is 187 g/mol. The number of rotatable bonds is 1. The Balaban J connectivity index is 2.75. The molecule has 2 aromatic rings. The van der Waals surface area contributed by atoms with Gasteiger partial charge in [0.15, 0.2) is 5.65 Å². The Morgan fingerprint density at radius 2 is 2.00 bits per heavy atom. The van der Waals surface area contributed by atoms with Crippen molar-refractivity contribution in [1.29, 1.82) is 0 Å². The molecule has 2 rings (SSSR count). The number of aromatic nitrogens is 2. The van der Waals surface area contributed by atoms with Crippen LogP contribution in [0, 0.1) is 0 Å². The van der Waals surface area contributed by atoms with Crippen molar-refractivity contribution in [3.8, 4) is 0 Å². The van der Waals surface area contributed by atoms with Gasteiger partial charge >= 0.3 is 0 Å². The molecular formula is C11H13N3. The standard InChI is InChI=1S/C11H13N3/c1-7(2)8-5-6-13-11-9(8)3-4-10(12)14-11/h3-7H,1-2H3,(H2,12,13,14). The van der Waals surface area contributed by atoms with E-state index < -0.39 is 0 Å². The van der Waals surface area contributed by atoms with E-state index in [4.69, 9.17) is 5.73 Å². The van der Waals surface area contributed by atoms with Gasteiger partial charge in [0, 0.05) is 11.6 Å². The molecule has 2 N–H and O–H groups in total. The lowest BCUT2D eigenvalue weighted by Gasteiger charge is -2.08. The molecule has 14 heavy (non-hydrogen) atoms. The third kappa shape index (κ3) is 1.41. The molecule has 0 aliphatic carbocycles. The SMILES string of the molecule is CC(C)c1ccnc2nc(N)ccc12. The lowest BCUT2D eigenvalue weighted by atomic mass is 10.0. The first-order chi connectivity index (χ1) is 6.68. The fourth-order valence-corrected chi connectivity index (χ4v) is 1.57. The third-order valence-electron chi connectivity index (χ3n) is 2.28. The van der Waals surface area contributed by atoms with Gasteiger partial charge in [0.1, 0.15) is 5.82 Å². The molecule has 0 unspecified atom stereocenters. The van der Waals surface area contributed by atoms with Gasteiger partial charge in [-0.15, -0.1) is 0 Å². The highest BCUT2D eigenvalue weighted by atomic mass is 14.9. The zero-order chi connectivity index (χ0) is 10.1. The lowest BCUT2D eigenvalue weighted by Crippen LogP contribution is -1.95. The van der Waals surface area contributed by atoms with E-state index in [1.165, 1.54) is 5.56 Å². The zero-order valence-corrected chi connectivity index (χ0v) is 8.36. The Morgan fingerprint density at radius 1 is 1.21 bits per heavy atom. The van der Waals surface area contributed by atoms with Crippen LogP contribution in [0.15, 0.2) is 24.4 Å². The largest absolute Gasteiger partial charge is 0.384 e. The Labute approximate surface area is 83.0 Å². The molecule has 3 nitrogen and oxygen atoms in total. The van der Waals surface area contributed by atoms with Gasteiger partial charge in [0.2, 0.25) is 0 Å². The van der Waals surface area contributed by atoms with Crippen LogP contribution in [0.4, 0.5) is 5.82 Å². The summed E-state index contributed by atoms with van der Waals surface area (Å²) in [6.07, 6.45) is 1.78. The van der Waals surface area contributed by atoms with Crippen LogP contribution in [0.3, 0.4) is 0 Å². The second-order valence-corrected chi connectivity index (χ2v) is 3.66. The van der Waals surface area contributed by atoms with Crippen LogP contribution in [0.2, 0.25) is 0 Å². The van der Waals surface area contributed by atoms with E-state index in [1.807, 2.05) is 18.2 Å². The fraction of sp³-hybridized carbons (Fsp3) is 0.273. The summed E-state index contributed by atoms with van der Waals surface area (Å²) in [5.41, 5.74) is 7.60. The Hall–Kier alpha value is -1.64. The van der Waals surface area contributed by atoms with Crippen LogP contribution in [0.1, 0.15) is 25.3 Å². The van der Waals surface area contributed by atoms with E-state index in [0.717, 1.165) is 11.0 Å². The Morgan fingerprint density at radius 3 is 2.71 bits per heavy atom. The lowest BCUT2D eigenvalue weighted by molar-refractivity contribution is 0.873. The van der Waals surface area contributed by atoms with Gasteiger partial charge in [-0.3, -0.25) is 0 Å². The minimum Gasteiger partial charge on any atom is -0.384 e. The minimum absolute atomic E-state index is 0.478. The summed E-state index contributed by atoms with van der Waals surface area (Å²) in [6, 6.07) is 5.83. The highest BCUT2D eigenvalue weighted by molar-refractivity contribution is 5.80. The van der Waals surface area contributed by atoms with Crippen molar-refractivity contribution in [2.75, 3.05) is 5.73 Å². The van der Waals surface area contributed by atoms with Crippen LogP contribution >= 0.6 is 0 Å². The number of anilines is 1. The molecule has 0 saturated heterocycles. The second-order valence-electron chi connectivity index (χ2n) is 3.66. The summed E-state index contributed by atoms with van der Waals surface area (Å²) in [4.78, 5) is 8.38. The third-order valence-corrected chi connectivity index (χ3v) is 2.28. The van der Waals surface area contributed by atoms with Gasteiger partial charge in [-0.05, 0) is 29.7 Å². The van der Waals surface area contributed by atoms with Crippen molar-refractivity contribution in [3.05, 3.63) is 30.0 Å². The van der Waals surface area contributed by atoms with Gasteiger partial charge in [0.05, 0.1) is 0 Å². The molecule has 0 radical (unpaired) electrons. The summed E-state index contributed by atoms with van der Waals surface area (Å²) in [6.45, 7) is 4.32. The first-order valence-corrected chi connectivity index (χ1v) is 4.69. The van der Waals surface area contributed by atoms with Crippen molar-refractivity contribution >= 4 is 16.9 Å². The molecular weight excluding hydrogens is 174 g/mol. The van der Waals surface area contributed by atoms with E-state index in [2.05, 4.69) is 23.8 Å². The molecule has 0 atom stereocenters. The highest BCUT2D eigenvalue weighted by Gasteiger charge is 2.06. The molecule has 0 fully saturated rings. The molecule has 0 spiro atoms. The highest BCUT2D eigenvalue weighted by Crippen LogP contribution is 2.23. The van der Waals surface area contributed by atoms with Crippen molar-refractivity contribution in [2.45, 2.75) is 19.8 Å². The van der Waals surface area contributed by atoms with Crippen molar-refractivity contribution in [2.24, 2.45) is 0 Å². The monoisotopic (exact) mass is 187 g/mol. The number of hydrogen-bond donors (Lipinski definition) is 1. The Kier molecular flexibility index (Phi) is 2.08. The molecule has 0 aromatic carbocycles. The topological polar surface area (TPSA) is 51.8 Å². The van der Waals surface area contributed by atoms with Crippen molar-refractivity contribution in [1.82, 2.24) is 9.97 Å². The molecule has 0 aliphatic rings. The van der Waals surface area contributed by atoms with E-state index in [1.54, 1.807) is 6.20 Å². The first-order valence-electron chi connectivity index (χ1n) is 4.69. The van der Waals surface area contributed by atoms with E-state index in [-0.39, 0.29) is 0 Å². The van der Waals surface area contributed by atoms with Crippen LogP contribution in [0.25, 0.3) is 11.0 Å². The molecule has 72 valence electrons. The number of hydrogen-bond acceptors (Lipinski definition) is 3. The second kappa shape index (κ2) is 3.25.